The van der Waals surface area contributed by atoms with Gasteiger partial charge in [-0.1, -0.05) is 32.1 Å². The maximum Gasteiger partial charge on any atom is 0.407 e. The van der Waals surface area contributed by atoms with Crippen molar-refractivity contribution >= 4 is 16.2 Å². The molecule has 1 amide bonds. The molecule has 6 nitrogen and oxygen atoms in total. The molecule has 0 radical (unpaired) electrons. The van der Waals surface area contributed by atoms with Crippen LogP contribution in [-0.2, 0) is 14.9 Å². The van der Waals surface area contributed by atoms with Crippen molar-refractivity contribution in [1.82, 2.24) is 5.32 Å². The maximum atomic E-state index is 12.9. The second-order valence-corrected chi connectivity index (χ2v) is 7.38. The molecule has 1 saturated carbocycles. The van der Waals surface area contributed by atoms with Crippen molar-refractivity contribution in [3.63, 3.8) is 0 Å². The van der Waals surface area contributed by atoms with E-state index in [0.717, 1.165) is 25.7 Å². The average Bonchev–Trinajstić information content (AvgIpc) is 2.46. The molecule has 0 spiro atoms. The summed E-state index contributed by atoms with van der Waals surface area (Å²) in [5, 5.41) is -1.41. The van der Waals surface area contributed by atoms with Crippen molar-refractivity contribution in [2.75, 3.05) is 6.61 Å². The largest absolute Gasteiger partial charge is 0.743 e. The summed E-state index contributed by atoms with van der Waals surface area (Å²) in [6, 6.07) is 0.174. The third-order valence-electron chi connectivity index (χ3n) is 3.89. The lowest BCUT2D eigenvalue weighted by Crippen LogP contribution is -2.36. The molecule has 0 atom stereocenters. The van der Waals surface area contributed by atoms with E-state index < -0.39 is 27.9 Å². The molecule has 1 aliphatic carbocycles. The summed E-state index contributed by atoms with van der Waals surface area (Å²) in [5.74, 6) is 0. The Balaban J connectivity index is 2.02. The molecule has 1 rings (SSSR count). The molecular formula is C14H24F2NO5S-. The van der Waals surface area contributed by atoms with E-state index in [9.17, 15) is 26.5 Å². The van der Waals surface area contributed by atoms with Crippen molar-refractivity contribution in [2.24, 2.45) is 0 Å². The summed E-state index contributed by atoms with van der Waals surface area (Å²) in [7, 11) is -5.59. The van der Waals surface area contributed by atoms with E-state index in [1.807, 2.05) is 0 Å². The van der Waals surface area contributed by atoms with Crippen molar-refractivity contribution in [2.45, 2.75) is 75.5 Å². The Hall–Kier alpha value is -0.960. The summed E-state index contributed by atoms with van der Waals surface area (Å²) >= 11 is 0. The van der Waals surface area contributed by atoms with Crippen LogP contribution in [0.25, 0.3) is 0 Å². The van der Waals surface area contributed by atoms with Crippen LogP contribution < -0.4 is 5.32 Å². The van der Waals surface area contributed by atoms with E-state index in [1.54, 1.807) is 0 Å². The molecule has 23 heavy (non-hydrogen) atoms. The predicted molar refractivity (Wildman–Crippen MR) is 79.1 cm³/mol. The summed E-state index contributed by atoms with van der Waals surface area (Å²) < 4.78 is 61.6. The van der Waals surface area contributed by atoms with Crippen LogP contribution >= 0.6 is 0 Å². The van der Waals surface area contributed by atoms with Crippen LogP contribution in [0.2, 0.25) is 0 Å². The lowest BCUT2D eigenvalue weighted by atomic mass is 9.96. The number of ether oxygens (including phenoxy) is 1. The van der Waals surface area contributed by atoms with Gasteiger partial charge in [0.05, 0.1) is 6.61 Å². The van der Waals surface area contributed by atoms with Crippen LogP contribution in [0.15, 0.2) is 0 Å². The van der Waals surface area contributed by atoms with Gasteiger partial charge < -0.3 is 14.6 Å². The van der Waals surface area contributed by atoms with Crippen molar-refractivity contribution in [1.29, 1.82) is 0 Å². The van der Waals surface area contributed by atoms with Gasteiger partial charge in [-0.2, -0.15) is 8.78 Å². The van der Waals surface area contributed by atoms with E-state index in [0.29, 0.717) is 19.3 Å². The molecule has 0 heterocycles. The summed E-state index contributed by atoms with van der Waals surface area (Å²) in [6.45, 7) is 0.189. The highest BCUT2D eigenvalue weighted by Crippen LogP contribution is 2.27. The zero-order chi connectivity index (χ0) is 17.3. The molecule has 1 fully saturated rings. The van der Waals surface area contributed by atoms with Gasteiger partial charge in [0.25, 0.3) is 0 Å². The molecule has 0 unspecified atom stereocenters. The Bertz CT molecular complexity index is 464. The van der Waals surface area contributed by atoms with Gasteiger partial charge in [-0.05, 0) is 25.7 Å². The summed E-state index contributed by atoms with van der Waals surface area (Å²) in [6.07, 6.45) is 5.21. The monoisotopic (exact) mass is 356 g/mol. The zero-order valence-corrected chi connectivity index (χ0v) is 13.9. The van der Waals surface area contributed by atoms with E-state index in [4.69, 9.17) is 4.74 Å². The Morgan fingerprint density at radius 1 is 1.13 bits per heavy atom. The molecule has 136 valence electrons. The van der Waals surface area contributed by atoms with Gasteiger partial charge in [0.2, 0.25) is 0 Å². The van der Waals surface area contributed by atoms with Gasteiger partial charge in [-0.3, -0.25) is 0 Å². The van der Waals surface area contributed by atoms with Crippen LogP contribution in [0, 0.1) is 0 Å². The first-order valence-corrected chi connectivity index (χ1v) is 9.40. The topological polar surface area (TPSA) is 95.5 Å². The van der Waals surface area contributed by atoms with E-state index in [-0.39, 0.29) is 19.1 Å². The number of alkyl halides is 2. The van der Waals surface area contributed by atoms with Gasteiger partial charge >= 0.3 is 11.3 Å². The molecule has 0 saturated heterocycles. The lowest BCUT2D eigenvalue weighted by Gasteiger charge is -2.22. The van der Waals surface area contributed by atoms with Crippen LogP contribution in [0.5, 0.6) is 0 Å². The van der Waals surface area contributed by atoms with Crippen LogP contribution in [0.3, 0.4) is 0 Å². The van der Waals surface area contributed by atoms with E-state index in [1.165, 1.54) is 6.42 Å². The number of carbonyl (C=O) groups is 1. The minimum Gasteiger partial charge on any atom is -0.743 e. The molecule has 0 bridgehead atoms. The van der Waals surface area contributed by atoms with Gasteiger partial charge in [0.1, 0.15) is 0 Å². The number of unbranched alkanes of at least 4 members (excludes halogenated alkanes) is 3. The number of rotatable bonds is 9. The first kappa shape index (κ1) is 20.1. The molecule has 0 aliphatic heterocycles. The lowest BCUT2D eigenvalue weighted by molar-refractivity contribution is 0.0669. The number of halogens is 2. The molecule has 1 N–H and O–H groups in total. The number of nitrogens with one attached hydrogen (secondary N) is 1. The fourth-order valence-electron chi connectivity index (χ4n) is 2.53. The Labute approximate surface area is 135 Å². The van der Waals surface area contributed by atoms with Crippen molar-refractivity contribution < 1.29 is 31.3 Å². The standard InChI is InChI=1S/C14H25F2NO5S/c15-14(16,23(19,20)21)10-6-1-2-7-11-22-13(18)17-12-8-4-3-5-9-12/h12H,1-11H2,(H,17,18)(H,19,20,21)/p-1. The minimum atomic E-state index is -5.59. The second kappa shape index (κ2) is 9.36. The molecular weight excluding hydrogens is 332 g/mol. The average molecular weight is 356 g/mol. The fraction of sp³-hybridized carbons (Fsp3) is 0.929. The quantitative estimate of drug-likeness (QED) is 0.506. The summed E-state index contributed by atoms with van der Waals surface area (Å²) in [4.78, 5) is 11.5. The Morgan fingerprint density at radius 3 is 2.35 bits per heavy atom. The molecule has 0 aromatic heterocycles. The molecule has 0 aromatic rings. The first-order valence-electron chi connectivity index (χ1n) is 7.99. The Kier molecular flexibility index (Phi) is 8.18. The first-order chi connectivity index (χ1) is 10.7. The number of hydrogen-bond acceptors (Lipinski definition) is 5. The Morgan fingerprint density at radius 2 is 1.74 bits per heavy atom. The highest BCUT2D eigenvalue weighted by molar-refractivity contribution is 7.86. The SMILES string of the molecule is O=C(NC1CCCCC1)OCCCCCCC(F)(F)S(=O)(=O)[O-]. The number of hydrogen-bond donors (Lipinski definition) is 1. The zero-order valence-electron chi connectivity index (χ0n) is 13.1. The number of alkyl carbamates (subject to hydrolysis) is 1. The van der Waals surface area contributed by atoms with Gasteiger partial charge in [0.15, 0.2) is 10.1 Å². The van der Waals surface area contributed by atoms with Gasteiger partial charge in [0, 0.05) is 12.5 Å². The van der Waals surface area contributed by atoms with Crippen LogP contribution in [0.4, 0.5) is 13.6 Å². The van der Waals surface area contributed by atoms with Gasteiger partial charge in [-0.15, -0.1) is 0 Å². The highest BCUT2D eigenvalue weighted by atomic mass is 32.2. The van der Waals surface area contributed by atoms with Crippen LogP contribution in [0.1, 0.15) is 64.2 Å². The molecule has 0 aromatic carbocycles. The van der Waals surface area contributed by atoms with E-state index >= 15 is 0 Å². The number of amides is 1. The fourth-order valence-corrected chi connectivity index (χ4v) is 2.93. The summed E-state index contributed by atoms with van der Waals surface area (Å²) in [5.41, 5.74) is 0. The van der Waals surface area contributed by atoms with Crippen molar-refractivity contribution in [3.8, 4) is 0 Å². The van der Waals surface area contributed by atoms with Gasteiger partial charge in [-0.25, -0.2) is 13.2 Å². The maximum absolute atomic E-state index is 12.9. The van der Waals surface area contributed by atoms with Crippen LogP contribution in [-0.4, -0.2) is 37.0 Å². The van der Waals surface area contributed by atoms with Crippen molar-refractivity contribution in [3.05, 3.63) is 0 Å². The normalized spacial score (nSPS) is 17.0. The third-order valence-corrected chi connectivity index (χ3v) is 4.82. The highest BCUT2D eigenvalue weighted by Gasteiger charge is 2.36. The molecule has 1 aliphatic rings. The molecule has 9 heteroatoms. The predicted octanol–water partition coefficient (Wildman–Crippen LogP) is 3.13. The second-order valence-electron chi connectivity index (χ2n) is 5.87. The van der Waals surface area contributed by atoms with E-state index in [2.05, 4.69) is 5.32 Å². The smallest absolute Gasteiger partial charge is 0.407 e. The third kappa shape index (κ3) is 7.92. The number of carbonyl (C=O) groups excluding carboxylic acids is 1. The minimum absolute atomic E-state index is 0.0667.